The molecule has 1 saturated heterocycles. The van der Waals surface area contributed by atoms with Crippen LogP contribution in [0.25, 0.3) is 22.2 Å². The van der Waals surface area contributed by atoms with Crippen LogP contribution in [0.15, 0.2) is 61.6 Å². The fourth-order valence-electron chi connectivity index (χ4n) is 4.40. The molecule has 0 bridgehead atoms. The molecule has 0 spiro atoms. The number of carbonyl (C=O) groups is 1. The molecule has 1 aliphatic heterocycles. The summed E-state index contributed by atoms with van der Waals surface area (Å²) < 4.78 is 53.9. The van der Waals surface area contributed by atoms with E-state index in [-0.39, 0.29) is 22.8 Å². The number of morpholine rings is 1. The number of rotatable bonds is 10. The third-order valence-corrected chi connectivity index (χ3v) is 6.46. The van der Waals surface area contributed by atoms with Crippen molar-refractivity contribution in [3.8, 4) is 17.0 Å². The molecule has 3 heterocycles. The number of fused-ring (bicyclic) bond motifs is 1. The molecule has 1 fully saturated rings. The lowest BCUT2D eigenvalue weighted by molar-refractivity contribution is -0.111. The Hall–Kier alpha value is -4.55. The highest BCUT2D eigenvalue weighted by molar-refractivity contribution is 6.03. The maximum atomic E-state index is 14.8. The minimum absolute atomic E-state index is 0.0202. The van der Waals surface area contributed by atoms with Gasteiger partial charge < -0.3 is 20.1 Å². The van der Waals surface area contributed by atoms with Crippen LogP contribution in [0.1, 0.15) is 6.42 Å². The number of aromatic nitrogens is 3. The Balaban J connectivity index is 1.42. The van der Waals surface area contributed by atoms with Crippen molar-refractivity contribution < 1.29 is 27.4 Å². The lowest BCUT2D eigenvalue weighted by Crippen LogP contribution is -2.37. The van der Waals surface area contributed by atoms with Gasteiger partial charge in [-0.3, -0.25) is 14.7 Å². The largest absolute Gasteiger partial charge is 0.491 e. The third kappa shape index (κ3) is 6.79. The molecule has 0 unspecified atom stereocenters. The topological polar surface area (TPSA) is 102 Å². The van der Waals surface area contributed by atoms with E-state index in [2.05, 4.69) is 37.1 Å². The molecular weight excluding hydrogens is 537 g/mol. The molecule has 1 amide bonds. The van der Waals surface area contributed by atoms with Gasteiger partial charge in [-0.05, 0) is 36.8 Å². The fraction of sp³-hybridized carbons (Fsp3) is 0.241. The maximum Gasteiger partial charge on any atom is 0.247 e. The highest BCUT2D eigenvalue weighted by Crippen LogP contribution is 2.35. The average Bonchev–Trinajstić information content (AvgIpc) is 2.97. The van der Waals surface area contributed by atoms with E-state index in [0.29, 0.717) is 48.2 Å². The van der Waals surface area contributed by atoms with Gasteiger partial charge in [-0.2, -0.15) is 0 Å². The minimum atomic E-state index is -0.880. The zero-order valence-electron chi connectivity index (χ0n) is 22.0. The van der Waals surface area contributed by atoms with Gasteiger partial charge in [-0.25, -0.2) is 23.1 Å². The number of pyridine rings is 1. The normalized spacial score (nSPS) is 13.6. The number of nitrogens with one attached hydrogen (secondary N) is 2. The molecule has 2 aromatic heterocycles. The van der Waals surface area contributed by atoms with Gasteiger partial charge in [0.25, 0.3) is 0 Å². The van der Waals surface area contributed by atoms with Crippen molar-refractivity contribution in [2.45, 2.75) is 6.42 Å². The predicted molar refractivity (Wildman–Crippen MR) is 149 cm³/mol. The van der Waals surface area contributed by atoms with E-state index in [4.69, 9.17) is 9.47 Å². The lowest BCUT2D eigenvalue weighted by Gasteiger charge is -2.26. The second-order valence-electron chi connectivity index (χ2n) is 9.24. The van der Waals surface area contributed by atoms with Crippen molar-refractivity contribution in [1.82, 2.24) is 19.9 Å². The van der Waals surface area contributed by atoms with E-state index in [1.165, 1.54) is 18.5 Å². The van der Waals surface area contributed by atoms with Crippen LogP contribution in [0.5, 0.6) is 5.75 Å². The van der Waals surface area contributed by atoms with Crippen molar-refractivity contribution in [2.24, 2.45) is 0 Å². The van der Waals surface area contributed by atoms with Crippen LogP contribution in [0.2, 0.25) is 0 Å². The van der Waals surface area contributed by atoms with Crippen LogP contribution < -0.4 is 15.4 Å². The Morgan fingerprint density at radius 2 is 1.88 bits per heavy atom. The van der Waals surface area contributed by atoms with E-state index in [1.807, 2.05) is 0 Å². The zero-order valence-corrected chi connectivity index (χ0v) is 22.0. The number of ether oxygens (including phenoxy) is 2. The van der Waals surface area contributed by atoms with E-state index in [9.17, 15) is 18.0 Å². The van der Waals surface area contributed by atoms with Crippen LogP contribution in [0.4, 0.5) is 30.4 Å². The summed E-state index contributed by atoms with van der Waals surface area (Å²) in [4.78, 5) is 26.9. The zero-order chi connectivity index (χ0) is 28.8. The Morgan fingerprint density at radius 3 is 2.66 bits per heavy atom. The van der Waals surface area contributed by atoms with Crippen LogP contribution >= 0.6 is 0 Å². The van der Waals surface area contributed by atoms with Gasteiger partial charge >= 0.3 is 0 Å². The van der Waals surface area contributed by atoms with Crippen molar-refractivity contribution in [3.63, 3.8) is 0 Å². The van der Waals surface area contributed by atoms with Gasteiger partial charge in [0.15, 0.2) is 5.82 Å². The van der Waals surface area contributed by atoms with Crippen LogP contribution in [0.3, 0.4) is 0 Å². The Labute approximate surface area is 234 Å². The van der Waals surface area contributed by atoms with Gasteiger partial charge in [-0.15, -0.1) is 0 Å². The van der Waals surface area contributed by atoms with Gasteiger partial charge in [0.1, 0.15) is 35.2 Å². The SMILES string of the molecule is C=CC(=O)Nc1cc2c(Nc3cc(-c4ncc(F)cc4F)ccc3F)ncnc2cc1OCCCN1CCOCC1. The number of anilines is 3. The number of benzene rings is 2. The molecule has 12 heteroatoms. The molecule has 0 saturated carbocycles. The molecule has 4 aromatic rings. The summed E-state index contributed by atoms with van der Waals surface area (Å²) in [5.74, 6) is -2.14. The first-order chi connectivity index (χ1) is 19.9. The first kappa shape index (κ1) is 28.0. The molecule has 1 aliphatic rings. The van der Waals surface area contributed by atoms with Crippen LogP contribution in [-0.2, 0) is 9.53 Å². The fourth-order valence-corrected chi connectivity index (χ4v) is 4.40. The van der Waals surface area contributed by atoms with Crippen LogP contribution in [0, 0.1) is 17.5 Å². The van der Waals surface area contributed by atoms with Crippen molar-refractivity contribution in [2.75, 3.05) is 50.1 Å². The highest BCUT2D eigenvalue weighted by Gasteiger charge is 2.16. The van der Waals surface area contributed by atoms with E-state index >= 15 is 0 Å². The molecule has 2 aromatic carbocycles. The number of hydrogen-bond acceptors (Lipinski definition) is 8. The molecule has 9 nitrogen and oxygen atoms in total. The second-order valence-corrected chi connectivity index (χ2v) is 9.24. The quantitative estimate of drug-likeness (QED) is 0.203. The molecule has 0 radical (unpaired) electrons. The van der Waals surface area contributed by atoms with E-state index in [0.717, 1.165) is 44.4 Å². The van der Waals surface area contributed by atoms with E-state index in [1.54, 1.807) is 12.1 Å². The maximum absolute atomic E-state index is 14.8. The molecule has 2 N–H and O–H groups in total. The van der Waals surface area contributed by atoms with Crippen molar-refractivity contribution in [3.05, 3.63) is 79.0 Å². The molecule has 41 heavy (non-hydrogen) atoms. The van der Waals surface area contributed by atoms with Crippen molar-refractivity contribution in [1.29, 1.82) is 0 Å². The number of hydrogen-bond donors (Lipinski definition) is 2. The summed E-state index contributed by atoms with van der Waals surface area (Å²) in [6.07, 6.45) is 4.09. The number of nitrogens with zero attached hydrogens (tertiary/aromatic N) is 4. The van der Waals surface area contributed by atoms with Crippen molar-refractivity contribution >= 4 is 34.0 Å². The average molecular weight is 565 g/mol. The van der Waals surface area contributed by atoms with Gasteiger partial charge in [0, 0.05) is 42.7 Å². The molecular formula is C29H27F3N6O3. The summed E-state index contributed by atoms with van der Waals surface area (Å²) in [6, 6.07) is 7.83. The Kier molecular flexibility index (Phi) is 8.70. The van der Waals surface area contributed by atoms with Crippen LogP contribution in [-0.4, -0.2) is 65.2 Å². The number of amides is 1. The van der Waals surface area contributed by atoms with Gasteiger partial charge in [0.05, 0.1) is 42.9 Å². The highest BCUT2D eigenvalue weighted by atomic mass is 19.1. The lowest BCUT2D eigenvalue weighted by atomic mass is 10.1. The van der Waals surface area contributed by atoms with Gasteiger partial charge in [0.2, 0.25) is 5.91 Å². The Morgan fingerprint density at radius 1 is 1.05 bits per heavy atom. The Bertz CT molecular complexity index is 1580. The van der Waals surface area contributed by atoms with Gasteiger partial charge in [-0.1, -0.05) is 6.58 Å². The summed E-state index contributed by atoms with van der Waals surface area (Å²) in [7, 11) is 0. The first-order valence-corrected chi connectivity index (χ1v) is 12.9. The smallest absolute Gasteiger partial charge is 0.247 e. The standard InChI is InChI=1S/C29H27F3N6O3/c1-2-27(39)36-25-14-20-23(15-26(25)41-9-3-6-38-7-10-40-11-8-38)34-17-35-29(20)37-24-12-18(4-5-21(24)31)28-22(32)13-19(30)16-33-28/h2,4-5,12-17H,1,3,6-11H2,(H,36,39)(H,34,35,37). The third-order valence-electron chi connectivity index (χ3n) is 6.46. The number of halogens is 3. The summed E-state index contributed by atoms with van der Waals surface area (Å²) in [6.45, 7) is 7.94. The number of carbonyl (C=O) groups excluding carboxylic acids is 1. The van der Waals surface area contributed by atoms with E-state index < -0.39 is 23.4 Å². The summed E-state index contributed by atoms with van der Waals surface area (Å²) >= 11 is 0. The minimum Gasteiger partial charge on any atom is -0.491 e. The second kappa shape index (κ2) is 12.7. The first-order valence-electron chi connectivity index (χ1n) is 12.9. The monoisotopic (exact) mass is 564 g/mol. The molecule has 0 aliphatic carbocycles. The molecule has 5 rings (SSSR count). The molecule has 0 atom stereocenters. The predicted octanol–water partition coefficient (Wildman–Crippen LogP) is 5.08. The summed E-state index contributed by atoms with van der Waals surface area (Å²) in [5, 5.41) is 6.12. The molecule has 212 valence electrons. The summed E-state index contributed by atoms with van der Waals surface area (Å²) in [5.41, 5.74) is 0.917.